The lowest BCUT2D eigenvalue weighted by Crippen LogP contribution is -2.23. The minimum absolute atomic E-state index is 0.377. The van der Waals surface area contributed by atoms with Crippen molar-refractivity contribution in [1.82, 2.24) is 15.4 Å². The number of hydrogen-bond donors (Lipinski definition) is 0. The second-order valence-corrected chi connectivity index (χ2v) is 4.69. The summed E-state index contributed by atoms with van der Waals surface area (Å²) in [6.07, 6.45) is 0. The molecule has 0 aromatic heterocycles. The average Bonchev–Trinajstić information content (AvgIpc) is 2.53. The van der Waals surface area contributed by atoms with E-state index < -0.39 is 5.60 Å². The van der Waals surface area contributed by atoms with Gasteiger partial charge >= 0.3 is 5.97 Å². The molecule has 0 saturated carbocycles. The molecular weight excluding hydrogens is 218 g/mol. The van der Waals surface area contributed by atoms with Gasteiger partial charge in [0.05, 0.1) is 5.56 Å². The SMILES string of the molecule is CC(C)(C)OC(=O)c1cccc2nnnc-2c1. The number of nitrogens with zero attached hydrogens (tertiary/aromatic N) is 3. The molecule has 0 spiro atoms. The van der Waals surface area contributed by atoms with Gasteiger partial charge in [0, 0.05) is 0 Å². The number of ether oxygens (including phenoxy) is 1. The molecule has 88 valence electrons. The van der Waals surface area contributed by atoms with Gasteiger partial charge in [-0.2, -0.15) is 0 Å². The van der Waals surface area contributed by atoms with Gasteiger partial charge in [0.1, 0.15) is 17.0 Å². The Bertz CT molecular complexity index is 520. The van der Waals surface area contributed by atoms with Crippen LogP contribution in [0.1, 0.15) is 31.1 Å². The van der Waals surface area contributed by atoms with Gasteiger partial charge in [-0.3, -0.25) is 0 Å². The van der Waals surface area contributed by atoms with Crippen molar-refractivity contribution in [1.29, 1.82) is 0 Å². The molecule has 0 aromatic carbocycles. The van der Waals surface area contributed by atoms with E-state index in [1.54, 1.807) is 24.3 Å². The van der Waals surface area contributed by atoms with Crippen LogP contribution >= 0.6 is 0 Å². The molecule has 0 fully saturated rings. The van der Waals surface area contributed by atoms with Gasteiger partial charge in [-0.05, 0) is 44.2 Å². The smallest absolute Gasteiger partial charge is 0.338 e. The van der Waals surface area contributed by atoms with Gasteiger partial charge < -0.3 is 4.74 Å². The number of hydrogen-bond acceptors (Lipinski definition) is 5. The Morgan fingerprint density at radius 1 is 1.18 bits per heavy atom. The van der Waals surface area contributed by atoms with Crippen LogP contribution < -0.4 is 0 Å². The van der Waals surface area contributed by atoms with E-state index in [0.717, 1.165) is 0 Å². The van der Waals surface area contributed by atoms with E-state index in [0.29, 0.717) is 17.0 Å². The van der Waals surface area contributed by atoms with Crippen molar-refractivity contribution >= 4 is 5.97 Å². The molecule has 0 bridgehead atoms. The Hall–Kier alpha value is -2.04. The van der Waals surface area contributed by atoms with Gasteiger partial charge in [0.15, 0.2) is 0 Å². The molecule has 0 radical (unpaired) electrons. The van der Waals surface area contributed by atoms with Crippen molar-refractivity contribution in [2.45, 2.75) is 26.4 Å². The molecule has 0 unspecified atom stereocenters. The Morgan fingerprint density at radius 2 is 1.88 bits per heavy atom. The summed E-state index contributed by atoms with van der Waals surface area (Å²) in [7, 11) is 0. The number of rotatable bonds is 1. The fourth-order valence-electron chi connectivity index (χ4n) is 1.35. The third kappa shape index (κ3) is 2.75. The molecule has 0 amide bonds. The highest BCUT2D eigenvalue weighted by Gasteiger charge is 2.18. The van der Waals surface area contributed by atoms with E-state index in [1.165, 1.54) is 0 Å². The number of esters is 1. The van der Waals surface area contributed by atoms with Crippen LogP contribution in [0.4, 0.5) is 0 Å². The highest BCUT2D eigenvalue weighted by Crippen LogP contribution is 2.17. The van der Waals surface area contributed by atoms with Crippen molar-refractivity contribution in [3.8, 4) is 11.4 Å². The second-order valence-electron chi connectivity index (χ2n) is 4.69. The van der Waals surface area contributed by atoms with E-state index in [2.05, 4.69) is 15.4 Å². The number of carbonyl (C=O) groups is 1. The lowest BCUT2D eigenvalue weighted by Gasteiger charge is -2.19. The van der Waals surface area contributed by atoms with Crippen LogP contribution in [0.15, 0.2) is 24.3 Å². The summed E-state index contributed by atoms with van der Waals surface area (Å²) in [4.78, 5) is 11.9. The summed E-state index contributed by atoms with van der Waals surface area (Å²) in [5, 5.41) is 11.2. The first-order valence-electron chi connectivity index (χ1n) is 5.28. The first kappa shape index (κ1) is 11.4. The van der Waals surface area contributed by atoms with Crippen LogP contribution in [-0.2, 0) is 4.74 Å². The highest BCUT2D eigenvalue weighted by atomic mass is 16.6. The molecular formula is C12H13N3O2. The number of fused-ring (bicyclic) bond motifs is 1. The van der Waals surface area contributed by atoms with Crippen molar-refractivity contribution in [3.63, 3.8) is 0 Å². The second kappa shape index (κ2) is 4.08. The molecule has 1 aliphatic carbocycles. The maximum Gasteiger partial charge on any atom is 0.338 e. The summed E-state index contributed by atoms with van der Waals surface area (Å²) in [5.41, 5.74) is 1.16. The molecule has 2 aliphatic rings. The molecule has 5 heteroatoms. The summed E-state index contributed by atoms with van der Waals surface area (Å²) >= 11 is 0. The standard InChI is InChI=1S/C12H13N3O2/c1-12(2,3)17-11(16)8-5-4-6-9-10(7-8)14-15-13-9/h4-7H,1-3H3. The molecule has 1 heterocycles. The van der Waals surface area contributed by atoms with Crippen molar-refractivity contribution < 1.29 is 9.53 Å². The monoisotopic (exact) mass is 231 g/mol. The van der Waals surface area contributed by atoms with E-state index in [9.17, 15) is 4.79 Å². The van der Waals surface area contributed by atoms with E-state index in [4.69, 9.17) is 4.74 Å². The summed E-state index contributed by atoms with van der Waals surface area (Å²) in [5.74, 6) is -0.377. The predicted molar refractivity (Wildman–Crippen MR) is 61.6 cm³/mol. The van der Waals surface area contributed by atoms with Crippen LogP contribution in [0.5, 0.6) is 0 Å². The van der Waals surface area contributed by atoms with E-state index in [-0.39, 0.29) is 5.97 Å². The maximum atomic E-state index is 11.9. The number of aromatic nitrogens is 3. The molecule has 0 atom stereocenters. The van der Waals surface area contributed by atoms with Gasteiger partial charge in [-0.25, -0.2) is 4.79 Å². The normalized spacial score (nSPS) is 11.5. The zero-order valence-electron chi connectivity index (χ0n) is 9.97. The van der Waals surface area contributed by atoms with Gasteiger partial charge in [-0.1, -0.05) is 6.07 Å². The predicted octanol–water partition coefficient (Wildman–Crippen LogP) is 1.93. The Morgan fingerprint density at radius 3 is 2.59 bits per heavy atom. The van der Waals surface area contributed by atoms with Gasteiger partial charge in [-0.15, -0.1) is 10.2 Å². The Labute approximate surface area is 99.2 Å². The van der Waals surface area contributed by atoms with Crippen LogP contribution in [-0.4, -0.2) is 27.0 Å². The summed E-state index contributed by atoms with van der Waals surface area (Å²) in [6, 6.07) is 6.79. The number of carbonyl (C=O) groups excluding carboxylic acids is 1. The summed E-state index contributed by atoms with van der Waals surface area (Å²) < 4.78 is 5.28. The van der Waals surface area contributed by atoms with E-state index >= 15 is 0 Å². The minimum atomic E-state index is -0.513. The third-order valence-corrected chi connectivity index (χ3v) is 2.02. The Balaban J connectivity index is 2.33. The largest absolute Gasteiger partial charge is 0.456 e. The molecule has 0 aromatic rings. The molecule has 0 N–H and O–H groups in total. The topological polar surface area (TPSA) is 65.0 Å². The third-order valence-electron chi connectivity index (χ3n) is 2.02. The first-order valence-corrected chi connectivity index (χ1v) is 5.28. The lowest BCUT2D eigenvalue weighted by atomic mass is 10.2. The van der Waals surface area contributed by atoms with Crippen LogP contribution in [0.3, 0.4) is 0 Å². The highest BCUT2D eigenvalue weighted by molar-refractivity contribution is 5.90. The molecule has 1 aliphatic heterocycles. The van der Waals surface area contributed by atoms with Crippen LogP contribution in [0.2, 0.25) is 0 Å². The molecule has 0 saturated heterocycles. The molecule has 2 rings (SSSR count). The van der Waals surface area contributed by atoms with Crippen LogP contribution in [0, 0.1) is 0 Å². The molecule has 17 heavy (non-hydrogen) atoms. The maximum absolute atomic E-state index is 11.9. The fraction of sp³-hybridized carbons (Fsp3) is 0.333. The van der Waals surface area contributed by atoms with Crippen molar-refractivity contribution in [3.05, 3.63) is 29.8 Å². The summed E-state index contributed by atoms with van der Waals surface area (Å²) in [6.45, 7) is 5.48. The Kier molecular flexibility index (Phi) is 2.75. The van der Waals surface area contributed by atoms with Crippen molar-refractivity contribution in [2.24, 2.45) is 0 Å². The average molecular weight is 231 g/mol. The lowest BCUT2D eigenvalue weighted by molar-refractivity contribution is 0.00697. The van der Waals surface area contributed by atoms with Crippen LogP contribution in [0.25, 0.3) is 11.4 Å². The minimum Gasteiger partial charge on any atom is -0.456 e. The van der Waals surface area contributed by atoms with Crippen molar-refractivity contribution in [2.75, 3.05) is 0 Å². The first-order chi connectivity index (χ1) is 7.96. The van der Waals surface area contributed by atoms with E-state index in [1.807, 2.05) is 20.8 Å². The fourth-order valence-corrected chi connectivity index (χ4v) is 1.35. The quantitative estimate of drug-likeness (QED) is 0.701. The van der Waals surface area contributed by atoms with Gasteiger partial charge in [0.25, 0.3) is 0 Å². The molecule has 5 nitrogen and oxygen atoms in total. The van der Waals surface area contributed by atoms with Gasteiger partial charge in [0.2, 0.25) is 0 Å². The zero-order chi connectivity index (χ0) is 12.5. The zero-order valence-corrected chi connectivity index (χ0v) is 9.97.